The number of hydrogen-bond donors (Lipinski definition) is 3. The molecule has 0 bridgehead atoms. The first-order chi connectivity index (χ1) is 7.70. The van der Waals surface area contributed by atoms with Crippen LogP contribution < -0.4 is 11.5 Å². The van der Waals surface area contributed by atoms with Crippen LogP contribution in [0.5, 0.6) is 0 Å². The molecule has 0 fully saturated rings. The van der Waals surface area contributed by atoms with Crippen LogP contribution in [-0.4, -0.2) is 25.0 Å². The maximum absolute atomic E-state index is 8.83. The number of aliphatic hydroxyl groups excluding tert-OH is 1. The molecule has 0 saturated carbocycles. The van der Waals surface area contributed by atoms with Gasteiger partial charge in [0.25, 0.3) is 0 Å². The lowest BCUT2D eigenvalue weighted by atomic mass is 10.4. The molecule has 0 aliphatic carbocycles. The zero-order valence-electron chi connectivity index (χ0n) is 9.18. The van der Waals surface area contributed by atoms with Gasteiger partial charge in [-0.2, -0.15) is 9.97 Å². The molecule has 2 rings (SSSR count). The van der Waals surface area contributed by atoms with E-state index in [0.29, 0.717) is 16.9 Å². The molecule has 7 heteroatoms. The highest BCUT2D eigenvalue weighted by molar-refractivity contribution is 5.81. The molecule has 0 unspecified atom stereocenters. The van der Waals surface area contributed by atoms with E-state index in [1.165, 1.54) is 6.20 Å². The van der Waals surface area contributed by atoms with E-state index in [0.717, 1.165) is 0 Å². The SMILES string of the molecule is CC.Nc1nc(N)c2nc(CO)cnc2n1. The standard InChI is InChI=1S/C7H8N6O.C2H6/c8-5-4-6(13-7(9)12-5)10-1-3(2-14)11-4;1-2/h1,14H,2H2,(H4,8,9,10,12,13);1-2H3. The van der Waals surface area contributed by atoms with Crippen molar-refractivity contribution >= 4 is 22.9 Å². The molecule has 0 aromatic carbocycles. The molecular formula is C9H14N6O. The first-order valence-corrected chi connectivity index (χ1v) is 4.86. The number of nitrogen functional groups attached to an aromatic ring is 2. The average Bonchev–Trinajstić information content (AvgIpc) is 2.31. The number of aliphatic hydroxyl groups is 1. The molecule has 2 heterocycles. The Labute approximate surface area is 92.6 Å². The van der Waals surface area contributed by atoms with Crippen molar-refractivity contribution in [3.8, 4) is 0 Å². The van der Waals surface area contributed by atoms with Crippen LogP contribution >= 0.6 is 0 Å². The predicted octanol–water partition coefficient (Wildman–Crippen LogP) is 0.103. The van der Waals surface area contributed by atoms with E-state index in [4.69, 9.17) is 16.6 Å². The Hall–Kier alpha value is -2.02. The molecule has 16 heavy (non-hydrogen) atoms. The Bertz CT molecular complexity index is 487. The van der Waals surface area contributed by atoms with Crippen molar-refractivity contribution in [2.75, 3.05) is 11.5 Å². The number of fused-ring (bicyclic) bond motifs is 1. The third-order valence-electron chi connectivity index (χ3n) is 1.66. The molecule has 0 aliphatic rings. The lowest BCUT2D eigenvalue weighted by molar-refractivity contribution is 0.277. The number of nitrogens with two attached hydrogens (primary N) is 2. The summed E-state index contributed by atoms with van der Waals surface area (Å²) in [6, 6.07) is 0. The van der Waals surface area contributed by atoms with Crippen molar-refractivity contribution in [1.29, 1.82) is 0 Å². The predicted molar refractivity (Wildman–Crippen MR) is 61.2 cm³/mol. The van der Waals surface area contributed by atoms with E-state index in [2.05, 4.69) is 19.9 Å². The third kappa shape index (κ3) is 2.31. The third-order valence-corrected chi connectivity index (χ3v) is 1.66. The van der Waals surface area contributed by atoms with Gasteiger partial charge in [0.05, 0.1) is 18.5 Å². The smallest absolute Gasteiger partial charge is 0.224 e. The molecule has 0 atom stereocenters. The first kappa shape index (κ1) is 12.1. The van der Waals surface area contributed by atoms with Crippen LogP contribution in [0.15, 0.2) is 6.20 Å². The lowest BCUT2D eigenvalue weighted by Crippen LogP contribution is -2.04. The Morgan fingerprint density at radius 1 is 1.19 bits per heavy atom. The number of aromatic nitrogens is 4. The zero-order chi connectivity index (χ0) is 12.1. The summed E-state index contributed by atoms with van der Waals surface area (Å²) < 4.78 is 0. The van der Waals surface area contributed by atoms with Crippen molar-refractivity contribution < 1.29 is 5.11 Å². The van der Waals surface area contributed by atoms with Crippen molar-refractivity contribution in [2.24, 2.45) is 0 Å². The molecule has 0 spiro atoms. The van der Waals surface area contributed by atoms with Crippen molar-refractivity contribution in [3.05, 3.63) is 11.9 Å². The van der Waals surface area contributed by atoms with Gasteiger partial charge in [-0.25, -0.2) is 9.97 Å². The minimum atomic E-state index is -0.202. The molecule has 0 radical (unpaired) electrons. The van der Waals surface area contributed by atoms with Gasteiger partial charge in [0.2, 0.25) is 5.95 Å². The van der Waals surface area contributed by atoms with E-state index in [9.17, 15) is 0 Å². The summed E-state index contributed by atoms with van der Waals surface area (Å²) in [7, 11) is 0. The summed E-state index contributed by atoms with van der Waals surface area (Å²) in [5.41, 5.74) is 12.0. The Morgan fingerprint density at radius 2 is 1.88 bits per heavy atom. The molecule has 86 valence electrons. The Balaban J connectivity index is 0.000000606. The van der Waals surface area contributed by atoms with Crippen LogP contribution in [0.1, 0.15) is 19.5 Å². The fourth-order valence-corrected chi connectivity index (χ4v) is 1.06. The van der Waals surface area contributed by atoms with Gasteiger partial charge < -0.3 is 16.6 Å². The summed E-state index contributed by atoms with van der Waals surface area (Å²) in [6.45, 7) is 3.80. The van der Waals surface area contributed by atoms with Crippen molar-refractivity contribution in [1.82, 2.24) is 19.9 Å². The maximum atomic E-state index is 8.83. The van der Waals surface area contributed by atoms with Crippen LogP contribution in [0.3, 0.4) is 0 Å². The molecule has 7 nitrogen and oxygen atoms in total. The first-order valence-electron chi connectivity index (χ1n) is 4.86. The fourth-order valence-electron chi connectivity index (χ4n) is 1.06. The second-order valence-electron chi connectivity index (χ2n) is 2.66. The summed E-state index contributed by atoms with van der Waals surface area (Å²) in [5, 5.41) is 8.83. The molecule has 2 aromatic heterocycles. The minimum Gasteiger partial charge on any atom is -0.390 e. The number of hydrogen-bond acceptors (Lipinski definition) is 7. The second kappa shape index (κ2) is 5.17. The van der Waals surface area contributed by atoms with Gasteiger partial charge in [-0.15, -0.1) is 0 Å². The van der Waals surface area contributed by atoms with Crippen molar-refractivity contribution in [2.45, 2.75) is 20.5 Å². The highest BCUT2D eigenvalue weighted by Gasteiger charge is 2.06. The topological polar surface area (TPSA) is 124 Å². The van der Waals surface area contributed by atoms with E-state index in [-0.39, 0.29) is 18.4 Å². The quantitative estimate of drug-likeness (QED) is 0.625. The molecular weight excluding hydrogens is 208 g/mol. The zero-order valence-corrected chi connectivity index (χ0v) is 9.18. The van der Waals surface area contributed by atoms with E-state index >= 15 is 0 Å². The van der Waals surface area contributed by atoms with Gasteiger partial charge in [0.1, 0.15) is 0 Å². The van der Waals surface area contributed by atoms with Crippen LogP contribution in [0, 0.1) is 0 Å². The molecule has 5 N–H and O–H groups in total. The largest absolute Gasteiger partial charge is 0.390 e. The highest BCUT2D eigenvalue weighted by Crippen LogP contribution is 2.14. The van der Waals surface area contributed by atoms with Crippen molar-refractivity contribution in [3.63, 3.8) is 0 Å². The van der Waals surface area contributed by atoms with Gasteiger partial charge in [0, 0.05) is 0 Å². The maximum Gasteiger partial charge on any atom is 0.224 e. The molecule has 0 aliphatic heterocycles. The van der Waals surface area contributed by atoms with E-state index in [1.807, 2.05) is 13.8 Å². The second-order valence-corrected chi connectivity index (χ2v) is 2.66. The van der Waals surface area contributed by atoms with E-state index in [1.54, 1.807) is 0 Å². The molecule has 2 aromatic rings. The number of nitrogens with zero attached hydrogens (tertiary/aromatic N) is 4. The van der Waals surface area contributed by atoms with Crippen LogP contribution in [-0.2, 0) is 6.61 Å². The Kier molecular flexibility index (Phi) is 3.90. The number of anilines is 2. The number of rotatable bonds is 1. The fraction of sp³-hybridized carbons (Fsp3) is 0.333. The van der Waals surface area contributed by atoms with Crippen LogP contribution in [0.25, 0.3) is 11.2 Å². The van der Waals surface area contributed by atoms with E-state index < -0.39 is 0 Å². The molecule has 0 amide bonds. The summed E-state index contributed by atoms with van der Waals surface area (Å²) in [6.07, 6.45) is 1.41. The lowest BCUT2D eigenvalue weighted by Gasteiger charge is -2.01. The van der Waals surface area contributed by atoms with Gasteiger partial charge in [-0.05, 0) is 0 Å². The van der Waals surface area contributed by atoms with Gasteiger partial charge in [-0.3, -0.25) is 0 Å². The van der Waals surface area contributed by atoms with Gasteiger partial charge in [0.15, 0.2) is 17.0 Å². The summed E-state index contributed by atoms with van der Waals surface area (Å²) in [5.74, 6) is 0.219. The Morgan fingerprint density at radius 3 is 2.50 bits per heavy atom. The summed E-state index contributed by atoms with van der Waals surface area (Å²) >= 11 is 0. The highest BCUT2D eigenvalue weighted by atomic mass is 16.3. The minimum absolute atomic E-state index is 0.0565. The van der Waals surface area contributed by atoms with Crippen LogP contribution in [0.2, 0.25) is 0 Å². The monoisotopic (exact) mass is 222 g/mol. The van der Waals surface area contributed by atoms with Crippen LogP contribution in [0.4, 0.5) is 11.8 Å². The molecule has 0 saturated heterocycles. The average molecular weight is 222 g/mol. The van der Waals surface area contributed by atoms with Gasteiger partial charge in [-0.1, -0.05) is 13.8 Å². The van der Waals surface area contributed by atoms with Gasteiger partial charge >= 0.3 is 0 Å². The summed E-state index contributed by atoms with van der Waals surface area (Å²) in [4.78, 5) is 15.5. The normalized spacial score (nSPS) is 9.69.